The first-order valence-electron chi connectivity index (χ1n) is 5.56. The Morgan fingerprint density at radius 1 is 1.56 bits per heavy atom. The van der Waals surface area contributed by atoms with Crippen LogP contribution >= 0.6 is 0 Å². The Morgan fingerprint density at radius 3 is 2.89 bits per heavy atom. The number of aromatic nitrogens is 3. The summed E-state index contributed by atoms with van der Waals surface area (Å²) in [7, 11) is 0. The molecule has 0 aliphatic heterocycles. The van der Waals surface area contributed by atoms with Crippen LogP contribution in [0.5, 0.6) is 0 Å². The van der Waals surface area contributed by atoms with Crippen molar-refractivity contribution in [2.75, 3.05) is 13.2 Å². The molecule has 8 heteroatoms. The highest BCUT2D eigenvalue weighted by atomic mass is 16.5. The topological polar surface area (TPSA) is 106 Å². The molecule has 1 aromatic rings. The highest BCUT2D eigenvalue weighted by Crippen LogP contribution is 1.97. The van der Waals surface area contributed by atoms with Gasteiger partial charge in [-0.1, -0.05) is 5.21 Å². The molecular weight excluding hydrogens is 240 g/mol. The second-order valence-electron chi connectivity index (χ2n) is 3.58. The molecule has 1 unspecified atom stereocenters. The minimum Gasteiger partial charge on any atom is -0.481 e. The summed E-state index contributed by atoms with van der Waals surface area (Å²) in [4.78, 5) is 22.1. The fourth-order valence-corrected chi connectivity index (χ4v) is 1.37. The van der Waals surface area contributed by atoms with E-state index in [2.05, 4.69) is 15.6 Å². The highest BCUT2D eigenvalue weighted by Gasteiger charge is 2.14. The number of carboxylic acids is 1. The van der Waals surface area contributed by atoms with Gasteiger partial charge >= 0.3 is 5.97 Å². The number of rotatable bonds is 8. The van der Waals surface area contributed by atoms with Crippen molar-refractivity contribution in [2.24, 2.45) is 0 Å². The quantitative estimate of drug-likeness (QED) is 0.635. The van der Waals surface area contributed by atoms with Crippen molar-refractivity contribution in [3.63, 3.8) is 0 Å². The number of nitrogens with one attached hydrogen (secondary N) is 1. The van der Waals surface area contributed by atoms with Crippen LogP contribution in [0, 0.1) is 0 Å². The molecule has 0 saturated carbocycles. The van der Waals surface area contributed by atoms with Crippen LogP contribution in [-0.4, -0.2) is 51.2 Å². The van der Waals surface area contributed by atoms with E-state index in [1.807, 2.05) is 0 Å². The Kier molecular flexibility index (Phi) is 5.78. The molecule has 0 radical (unpaired) electrons. The molecule has 0 fully saturated rings. The molecular formula is C10H16N4O4. The first-order chi connectivity index (χ1) is 8.61. The largest absolute Gasteiger partial charge is 0.481 e. The van der Waals surface area contributed by atoms with E-state index in [4.69, 9.17) is 9.84 Å². The lowest BCUT2D eigenvalue weighted by Gasteiger charge is -2.15. The zero-order chi connectivity index (χ0) is 13.4. The number of amides is 1. The van der Waals surface area contributed by atoms with Gasteiger partial charge in [-0.3, -0.25) is 9.59 Å². The summed E-state index contributed by atoms with van der Waals surface area (Å²) >= 11 is 0. The number of hydrogen-bond donors (Lipinski definition) is 2. The SMILES string of the molecule is CCOC(CNC(=O)Cn1ccnn1)CC(=O)O. The monoisotopic (exact) mass is 256 g/mol. The standard InChI is InChI=1S/C10H16N4O4/c1-2-18-8(5-10(16)17)6-11-9(15)7-14-4-3-12-13-14/h3-4,8H,2,5-7H2,1H3,(H,11,15)(H,16,17). The summed E-state index contributed by atoms with van der Waals surface area (Å²) in [6.45, 7) is 2.38. The van der Waals surface area contributed by atoms with E-state index in [1.54, 1.807) is 13.1 Å². The summed E-state index contributed by atoms with van der Waals surface area (Å²) in [6, 6.07) is 0. The van der Waals surface area contributed by atoms with Gasteiger partial charge in [-0.2, -0.15) is 0 Å². The second kappa shape index (κ2) is 7.38. The van der Waals surface area contributed by atoms with Gasteiger partial charge in [0.25, 0.3) is 0 Å². The molecule has 100 valence electrons. The average Bonchev–Trinajstić information content (AvgIpc) is 2.78. The molecule has 8 nitrogen and oxygen atoms in total. The van der Waals surface area contributed by atoms with Gasteiger partial charge in [0.2, 0.25) is 5.91 Å². The van der Waals surface area contributed by atoms with Crippen LogP contribution in [0.15, 0.2) is 12.4 Å². The Morgan fingerprint density at radius 2 is 2.33 bits per heavy atom. The minimum absolute atomic E-state index is 0.0475. The molecule has 0 aliphatic carbocycles. The van der Waals surface area contributed by atoms with E-state index < -0.39 is 12.1 Å². The minimum atomic E-state index is -0.959. The van der Waals surface area contributed by atoms with Gasteiger partial charge in [-0.25, -0.2) is 4.68 Å². The molecule has 0 spiro atoms. The fourth-order valence-electron chi connectivity index (χ4n) is 1.37. The number of nitrogens with zero attached hydrogens (tertiary/aromatic N) is 3. The van der Waals surface area contributed by atoms with Crippen LogP contribution < -0.4 is 5.32 Å². The molecule has 0 saturated heterocycles. The van der Waals surface area contributed by atoms with E-state index >= 15 is 0 Å². The zero-order valence-corrected chi connectivity index (χ0v) is 10.1. The molecule has 0 aliphatic rings. The molecule has 0 bridgehead atoms. The molecule has 1 amide bonds. The molecule has 1 heterocycles. The summed E-state index contributed by atoms with van der Waals surface area (Å²) in [5.74, 6) is -1.23. The molecule has 0 aromatic carbocycles. The normalized spacial score (nSPS) is 12.1. The number of carbonyl (C=O) groups is 2. The number of ether oxygens (including phenoxy) is 1. The lowest BCUT2D eigenvalue weighted by molar-refractivity contribution is -0.140. The Balaban J connectivity index is 2.32. The number of carboxylic acid groups (broad SMARTS) is 1. The van der Waals surface area contributed by atoms with Crippen LogP contribution in [0.3, 0.4) is 0 Å². The van der Waals surface area contributed by atoms with Crippen LogP contribution in [-0.2, 0) is 20.9 Å². The predicted octanol–water partition coefficient (Wildman–Crippen LogP) is -0.726. The molecule has 1 aromatic heterocycles. The van der Waals surface area contributed by atoms with Gasteiger partial charge in [0.15, 0.2) is 0 Å². The fraction of sp³-hybridized carbons (Fsp3) is 0.600. The second-order valence-corrected chi connectivity index (χ2v) is 3.58. The number of aliphatic carboxylic acids is 1. The van der Waals surface area contributed by atoms with Crippen molar-refractivity contribution >= 4 is 11.9 Å². The van der Waals surface area contributed by atoms with Gasteiger partial charge in [0, 0.05) is 19.3 Å². The van der Waals surface area contributed by atoms with Crippen LogP contribution in [0.1, 0.15) is 13.3 Å². The van der Waals surface area contributed by atoms with Crippen molar-refractivity contribution in [1.82, 2.24) is 20.3 Å². The maximum atomic E-state index is 11.5. The van der Waals surface area contributed by atoms with E-state index in [0.717, 1.165) is 0 Å². The van der Waals surface area contributed by atoms with E-state index in [0.29, 0.717) is 6.61 Å². The summed E-state index contributed by atoms with van der Waals surface area (Å²) in [5, 5.41) is 18.5. The number of carbonyl (C=O) groups excluding carboxylic acids is 1. The van der Waals surface area contributed by atoms with Crippen LogP contribution in [0.25, 0.3) is 0 Å². The van der Waals surface area contributed by atoms with Crippen molar-refractivity contribution < 1.29 is 19.4 Å². The maximum Gasteiger partial charge on any atom is 0.306 e. The van der Waals surface area contributed by atoms with Gasteiger partial charge in [-0.15, -0.1) is 5.10 Å². The van der Waals surface area contributed by atoms with E-state index in [-0.39, 0.29) is 25.4 Å². The van der Waals surface area contributed by atoms with E-state index in [1.165, 1.54) is 10.9 Å². The van der Waals surface area contributed by atoms with E-state index in [9.17, 15) is 9.59 Å². The first-order valence-corrected chi connectivity index (χ1v) is 5.56. The zero-order valence-electron chi connectivity index (χ0n) is 10.1. The van der Waals surface area contributed by atoms with Gasteiger partial charge in [0.05, 0.1) is 18.7 Å². The maximum absolute atomic E-state index is 11.5. The molecule has 18 heavy (non-hydrogen) atoms. The van der Waals surface area contributed by atoms with Gasteiger partial charge in [-0.05, 0) is 6.92 Å². The van der Waals surface area contributed by atoms with Crippen LogP contribution in [0.2, 0.25) is 0 Å². The summed E-state index contributed by atoms with van der Waals surface area (Å²) in [6.07, 6.45) is 2.38. The highest BCUT2D eigenvalue weighted by molar-refractivity contribution is 5.75. The molecule has 1 atom stereocenters. The Bertz CT molecular complexity index is 379. The third kappa shape index (κ3) is 5.39. The van der Waals surface area contributed by atoms with Gasteiger partial charge < -0.3 is 15.2 Å². The third-order valence-electron chi connectivity index (χ3n) is 2.11. The first kappa shape index (κ1) is 14.1. The van der Waals surface area contributed by atoms with Crippen molar-refractivity contribution in [1.29, 1.82) is 0 Å². The molecule has 2 N–H and O–H groups in total. The van der Waals surface area contributed by atoms with Gasteiger partial charge in [0.1, 0.15) is 6.54 Å². The molecule has 1 rings (SSSR count). The van der Waals surface area contributed by atoms with Crippen molar-refractivity contribution in [3.8, 4) is 0 Å². The predicted molar refractivity (Wildman–Crippen MR) is 60.7 cm³/mol. The average molecular weight is 256 g/mol. The Hall–Kier alpha value is -1.96. The smallest absolute Gasteiger partial charge is 0.306 e. The third-order valence-corrected chi connectivity index (χ3v) is 2.11. The lowest BCUT2D eigenvalue weighted by Crippen LogP contribution is -2.36. The van der Waals surface area contributed by atoms with Crippen molar-refractivity contribution in [2.45, 2.75) is 26.0 Å². The lowest BCUT2D eigenvalue weighted by atomic mass is 10.2. The van der Waals surface area contributed by atoms with Crippen LogP contribution in [0.4, 0.5) is 0 Å². The number of hydrogen-bond acceptors (Lipinski definition) is 5. The Labute approximate surface area is 104 Å². The summed E-state index contributed by atoms with van der Waals surface area (Å²) in [5.41, 5.74) is 0. The van der Waals surface area contributed by atoms with Crippen molar-refractivity contribution in [3.05, 3.63) is 12.4 Å². The summed E-state index contributed by atoms with van der Waals surface area (Å²) < 4.78 is 6.59.